The summed E-state index contributed by atoms with van der Waals surface area (Å²) >= 11 is 11.2. The van der Waals surface area contributed by atoms with Gasteiger partial charge in [-0.15, -0.1) is 0 Å². The van der Waals surface area contributed by atoms with E-state index in [2.05, 4.69) is 9.97 Å². The Balaban J connectivity index is 3.30. The van der Waals surface area contributed by atoms with E-state index in [1.54, 1.807) is 25.2 Å². The summed E-state index contributed by atoms with van der Waals surface area (Å²) in [4.78, 5) is 19.1. The molecular formula is C8H8Cl2N4O2. The van der Waals surface area contributed by atoms with E-state index in [-0.39, 0.29) is 21.8 Å². The molecule has 1 rings (SSSR count). The van der Waals surface area contributed by atoms with Crippen molar-refractivity contribution in [3.8, 4) is 0 Å². The summed E-state index contributed by atoms with van der Waals surface area (Å²) in [5.41, 5.74) is -0.284. The normalized spacial score (nSPS) is 10.8. The van der Waals surface area contributed by atoms with E-state index in [4.69, 9.17) is 23.2 Å². The Morgan fingerprint density at radius 2 is 2.00 bits per heavy atom. The molecule has 0 unspecified atom stereocenters. The Labute approximate surface area is 102 Å². The monoisotopic (exact) mass is 262 g/mol. The summed E-state index contributed by atoms with van der Waals surface area (Å²) < 4.78 is 0. The lowest BCUT2D eigenvalue weighted by Gasteiger charge is -2.03. The summed E-state index contributed by atoms with van der Waals surface area (Å²) in [5.74, 6) is 0. The predicted octanol–water partition coefficient (Wildman–Crippen LogP) is 2.22. The van der Waals surface area contributed by atoms with Crippen LogP contribution in [0.4, 0.5) is 5.69 Å². The fraction of sp³-hybridized carbons (Fsp3) is 0.250. The van der Waals surface area contributed by atoms with Gasteiger partial charge in [0.25, 0.3) is 0 Å². The Morgan fingerprint density at radius 1 is 1.38 bits per heavy atom. The van der Waals surface area contributed by atoms with Crippen LogP contribution in [0.2, 0.25) is 10.4 Å². The van der Waals surface area contributed by atoms with Crippen molar-refractivity contribution in [3.05, 3.63) is 32.4 Å². The molecule has 0 amide bonds. The smallest absolute Gasteiger partial charge is 0.332 e. The van der Waals surface area contributed by atoms with Gasteiger partial charge in [-0.05, 0) is 17.7 Å². The number of halogens is 2. The van der Waals surface area contributed by atoms with Gasteiger partial charge in [-0.1, -0.05) is 11.6 Å². The summed E-state index contributed by atoms with van der Waals surface area (Å²) in [6, 6.07) is 0. The molecule has 16 heavy (non-hydrogen) atoms. The van der Waals surface area contributed by atoms with Crippen LogP contribution in [0.1, 0.15) is 5.69 Å². The van der Waals surface area contributed by atoms with Crippen LogP contribution in [0.5, 0.6) is 0 Å². The lowest BCUT2D eigenvalue weighted by atomic mass is 10.3. The van der Waals surface area contributed by atoms with Crippen molar-refractivity contribution in [3.63, 3.8) is 0 Å². The molecule has 0 aliphatic carbocycles. The topological polar surface area (TPSA) is 72.2 Å². The molecule has 1 aromatic heterocycles. The average Bonchev–Trinajstić information content (AvgIpc) is 2.12. The van der Waals surface area contributed by atoms with Crippen LogP contribution in [0, 0.1) is 10.1 Å². The quantitative estimate of drug-likeness (QED) is 0.362. The highest BCUT2D eigenvalue weighted by Crippen LogP contribution is 2.27. The van der Waals surface area contributed by atoms with Crippen molar-refractivity contribution in [2.24, 2.45) is 0 Å². The van der Waals surface area contributed by atoms with E-state index in [0.717, 1.165) is 0 Å². The van der Waals surface area contributed by atoms with Gasteiger partial charge in [0.2, 0.25) is 10.4 Å². The molecule has 1 aromatic rings. The van der Waals surface area contributed by atoms with Gasteiger partial charge < -0.3 is 4.90 Å². The first-order valence-corrected chi connectivity index (χ1v) is 4.89. The van der Waals surface area contributed by atoms with E-state index in [1.165, 1.54) is 6.08 Å². The first-order valence-electron chi connectivity index (χ1n) is 4.14. The first kappa shape index (κ1) is 12.7. The number of hydrogen-bond donors (Lipinski definition) is 0. The standard InChI is InChI=1S/C8H8Cl2N4O2/c1-13(2)4-3-5-6(14(15)16)7(9)12-8(10)11-5/h3-4H,1-2H3/b4-3+. The zero-order chi connectivity index (χ0) is 12.3. The van der Waals surface area contributed by atoms with Crippen molar-refractivity contribution >= 4 is 35.0 Å². The average molecular weight is 263 g/mol. The second-order valence-corrected chi connectivity index (χ2v) is 3.75. The SMILES string of the molecule is CN(C)/C=C/c1nc(Cl)nc(Cl)c1[N+](=O)[O-]. The fourth-order valence-corrected chi connectivity index (χ4v) is 1.39. The highest BCUT2D eigenvalue weighted by molar-refractivity contribution is 6.33. The molecule has 8 heteroatoms. The molecule has 0 radical (unpaired) electrons. The van der Waals surface area contributed by atoms with Crippen LogP contribution in [0.15, 0.2) is 6.20 Å². The lowest BCUT2D eigenvalue weighted by Crippen LogP contribution is -2.02. The Bertz CT molecular complexity index is 448. The molecule has 0 fully saturated rings. The zero-order valence-electron chi connectivity index (χ0n) is 8.52. The molecule has 0 aromatic carbocycles. The molecular weight excluding hydrogens is 255 g/mol. The van der Waals surface area contributed by atoms with Crippen molar-refractivity contribution in [1.29, 1.82) is 0 Å². The van der Waals surface area contributed by atoms with Crippen LogP contribution < -0.4 is 0 Å². The maximum absolute atomic E-state index is 10.7. The minimum absolute atomic E-state index is 0.0729. The van der Waals surface area contributed by atoms with E-state index in [9.17, 15) is 10.1 Å². The molecule has 1 heterocycles. The van der Waals surface area contributed by atoms with Crippen LogP contribution in [0.3, 0.4) is 0 Å². The molecule has 0 saturated carbocycles. The predicted molar refractivity (Wildman–Crippen MR) is 61.4 cm³/mol. The number of hydrogen-bond acceptors (Lipinski definition) is 5. The highest BCUT2D eigenvalue weighted by atomic mass is 35.5. The summed E-state index contributed by atoms with van der Waals surface area (Å²) in [6.45, 7) is 0. The van der Waals surface area contributed by atoms with E-state index in [1.807, 2.05) is 0 Å². The summed E-state index contributed by atoms with van der Waals surface area (Å²) in [7, 11) is 3.54. The van der Waals surface area contributed by atoms with Crippen molar-refractivity contribution in [2.75, 3.05) is 14.1 Å². The van der Waals surface area contributed by atoms with Crippen LogP contribution in [-0.4, -0.2) is 33.9 Å². The van der Waals surface area contributed by atoms with Crippen molar-refractivity contribution in [1.82, 2.24) is 14.9 Å². The minimum Gasteiger partial charge on any atom is -0.383 e. The number of rotatable bonds is 3. The molecule has 0 aliphatic heterocycles. The van der Waals surface area contributed by atoms with Gasteiger partial charge in [0.15, 0.2) is 0 Å². The fourth-order valence-electron chi connectivity index (χ4n) is 0.922. The second-order valence-electron chi connectivity index (χ2n) is 3.05. The summed E-state index contributed by atoms with van der Waals surface area (Å²) in [5, 5.41) is 10.3. The van der Waals surface area contributed by atoms with Crippen LogP contribution in [0.25, 0.3) is 6.08 Å². The summed E-state index contributed by atoms with van der Waals surface area (Å²) in [6.07, 6.45) is 3.04. The third kappa shape index (κ3) is 3.04. The number of aromatic nitrogens is 2. The first-order chi connectivity index (χ1) is 7.41. The van der Waals surface area contributed by atoms with E-state index < -0.39 is 4.92 Å². The van der Waals surface area contributed by atoms with Crippen LogP contribution >= 0.6 is 23.2 Å². The molecule has 6 nitrogen and oxygen atoms in total. The second kappa shape index (κ2) is 5.09. The maximum atomic E-state index is 10.7. The zero-order valence-corrected chi connectivity index (χ0v) is 10.0. The number of nitrogens with zero attached hydrogens (tertiary/aromatic N) is 4. The van der Waals surface area contributed by atoms with Crippen molar-refractivity contribution in [2.45, 2.75) is 0 Å². The largest absolute Gasteiger partial charge is 0.383 e. The van der Waals surface area contributed by atoms with Gasteiger partial charge in [0.1, 0.15) is 5.69 Å². The Morgan fingerprint density at radius 3 is 2.50 bits per heavy atom. The van der Waals surface area contributed by atoms with Crippen LogP contribution in [-0.2, 0) is 0 Å². The van der Waals surface area contributed by atoms with Gasteiger partial charge in [-0.3, -0.25) is 10.1 Å². The number of nitro groups is 1. The Kier molecular flexibility index (Phi) is 4.03. The van der Waals surface area contributed by atoms with Gasteiger partial charge in [-0.25, -0.2) is 4.98 Å². The third-order valence-corrected chi connectivity index (χ3v) is 1.99. The van der Waals surface area contributed by atoms with Gasteiger partial charge >= 0.3 is 5.69 Å². The van der Waals surface area contributed by atoms with Crippen molar-refractivity contribution < 1.29 is 4.92 Å². The molecule has 0 aliphatic rings. The van der Waals surface area contributed by atoms with E-state index >= 15 is 0 Å². The molecule has 0 bridgehead atoms. The lowest BCUT2D eigenvalue weighted by molar-refractivity contribution is -0.385. The molecule has 0 N–H and O–H groups in total. The maximum Gasteiger partial charge on any atom is 0.332 e. The molecule has 0 atom stereocenters. The van der Waals surface area contributed by atoms with Gasteiger partial charge in [0, 0.05) is 20.3 Å². The third-order valence-electron chi connectivity index (χ3n) is 1.55. The highest BCUT2D eigenvalue weighted by Gasteiger charge is 2.21. The minimum atomic E-state index is -0.645. The van der Waals surface area contributed by atoms with Gasteiger partial charge in [0.05, 0.1) is 4.92 Å². The van der Waals surface area contributed by atoms with E-state index in [0.29, 0.717) is 0 Å². The van der Waals surface area contributed by atoms with Gasteiger partial charge in [-0.2, -0.15) is 4.98 Å². The molecule has 0 spiro atoms. The Hall–Kier alpha value is -1.40. The molecule has 0 saturated heterocycles. The molecule has 86 valence electrons.